The largest absolute Gasteiger partial charge is 0.483 e. The topological polar surface area (TPSA) is 62.7 Å². The molecule has 1 aromatic heterocycles. The summed E-state index contributed by atoms with van der Waals surface area (Å²) in [4.78, 5) is 31.7. The van der Waals surface area contributed by atoms with E-state index in [0.717, 1.165) is 29.7 Å². The summed E-state index contributed by atoms with van der Waals surface area (Å²) in [6.45, 7) is 2.65. The minimum Gasteiger partial charge on any atom is -0.483 e. The monoisotopic (exact) mass is 403 g/mol. The van der Waals surface area contributed by atoms with Gasteiger partial charge in [-0.05, 0) is 30.3 Å². The third-order valence-electron chi connectivity index (χ3n) is 4.06. The zero-order valence-corrected chi connectivity index (χ0v) is 15.2. The Morgan fingerprint density at radius 3 is 2.68 bits per heavy atom. The third-order valence-corrected chi connectivity index (χ3v) is 4.55. The van der Waals surface area contributed by atoms with Crippen molar-refractivity contribution in [2.45, 2.75) is 0 Å². The Bertz CT molecular complexity index is 746. The van der Waals surface area contributed by atoms with E-state index in [1.165, 1.54) is 0 Å². The van der Waals surface area contributed by atoms with Crippen molar-refractivity contribution in [3.8, 4) is 5.75 Å². The van der Waals surface area contributed by atoms with Gasteiger partial charge in [-0.15, -0.1) is 0 Å². The molecule has 0 unspecified atom stereocenters. The number of aromatic nitrogens is 1. The predicted octanol–water partition coefficient (Wildman–Crippen LogP) is 2.38. The fourth-order valence-electron chi connectivity index (χ4n) is 2.70. The fraction of sp³-hybridized carbons (Fsp3) is 0.278. The molecular formula is C18H18BrN3O3. The molecule has 3 rings (SSSR count). The quantitative estimate of drug-likeness (QED) is 0.717. The molecule has 1 fully saturated rings. The normalized spacial score (nSPS) is 14.3. The first-order chi connectivity index (χ1) is 12.2. The molecule has 25 heavy (non-hydrogen) atoms. The molecule has 7 heteroatoms. The number of piperazine rings is 1. The van der Waals surface area contributed by atoms with Gasteiger partial charge < -0.3 is 14.5 Å². The lowest BCUT2D eigenvalue weighted by Gasteiger charge is -2.35. The maximum Gasteiger partial charge on any atom is 0.260 e. The number of carbonyl (C=O) groups excluding carboxylic acids is 2. The maximum atomic E-state index is 12.4. The second-order valence-electron chi connectivity index (χ2n) is 5.64. The number of rotatable bonds is 5. The first kappa shape index (κ1) is 17.4. The lowest BCUT2D eigenvalue weighted by molar-refractivity contribution is -0.133. The molecule has 0 N–H and O–H groups in total. The Hall–Kier alpha value is -2.41. The third kappa shape index (κ3) is 4.36. The van der Waals surface area contributed by atoms with Crippen LogP contribution in [0.3, 0.4) is 0 Å². The maximum absolute atomic E-state index is 12.4. The van der Waals surface area contributed by atoms with Gasteiger partial charge in [-0.2, -0.15) is 0 Å². The van der Waals surface area contributed by atoms with Crippen LogP contribution < -0.4 is 9.64 Å². The molecule has 1 saturated heterocycles. The van der Waals surface area contributed by atoms with Gasteiger partial charge in [-0.25, -0.2) is 4.98 Å². The van der Waals surface area contributed by atoms with Crippen LogP contribution in [0.1, 0.15) is 10.4 Å². The van der Waals surface area contributed by atoms with Crippen LogP contribution in [0.15, 0.2) is 47.1 Å². The van der Waals surface area contributed by atoms with Gasteiger partial charge in [0.05, 0.1) is 5.56 Å². The summed E-state index contributed by atoms with van der Waals surface area (Å²) < 4.78 is 6.33. The predicted molar refractivity (Wildman–Crippen MR) is 98.1 cm³/mol. The van der Waals surface area contributed by atoms with Crippen molar-refractivity contribution in [1.82, 2.24) is 9.88 Å². The van der Waals surface area contributed by atoms with Crippen LogP contribution >= 0.6 is 15.9 Å². The summed E-state index contributed by atoms with van der Waals surface area (Å²) in [6.07, 6.45) is 2.49. The van der Waals surface area contributed by atoms with Gasteiger partial charge in [0.15, 0.2) is 12.9 Å². The molecule has 130 valence electrons. The lowest BCUT2D eigenvalue weighted by Crippen LogP contribution is -2.50. The Balaban J connectivity index is 1.52. The van der Waals surface area contributed by atoms with Gasteiger partial charge in [0.25, 0.3) is 5.91 Å². The van der Waals surface area contributed by atoms with E-state index in [0.29, 0.717) is 24.4 Å². The number of anilines is 1. The minimum absolute atomic E-state index is 0.0773. The highest BCUT2D eigenvalue weighted by Crippen LogP contribution is 2.22. The van der Waals surface area contributed by atoms with E-state index < -0.39 is 0 Å². The summed E-state index contributed by atoms with van der Waals surface area (Å²) in [7, 11) is 0. The second kappa shape index (κ2) is 8.11. The molecule has 1 amide bonds. The van der Waals surface area contributed by atoms with Crippen molar-refractivity contribution in [3.05, 3.63) is 52.6 Å². The standard InChI is InChI=1S/C18H18BrN3O3/c19-15-4-5-16(14(11-15)12-23)25-13-18(24)22-9-7-21(8-10-22)17-3-1-2-6-20-17/h1-6,11-12H,7-10,13H2. The number of halogens is 1. The van der Waals surface area contributed by atoms with Crippen molar-refractivity contribution in [2.24, 2.45) is 0 Å². The van der Waals surface area contributed by atoms with Gasteiger partial charge in [0.1, 0.15) is 11.6 Å². The van der Waals surface area contributed by atoms with E-state index in [4.69, 9.17) is 4.74 Å². The fourth-order valence-corrected chi connectivity index (χ4v) is 3.08. The van der Waals surface area contributed by atoms with E-state index in [9.17, 15) is 9.59 Å². The van der Waals surface area contributed by atoms with Crippen molar-refractivity contribution < 1.29 is 14.3 Å². The summed E-state index contributed by atoms with van der Waals surface area (Å²) in [5, 5.41) is 0. The number of nitrogens with zero attached hydrogens (tertiary/aromatic N) is 3. The Labute approximate surface area is 154 Å². The number of ether oxygens (including phenoxy) is 1. The molecule has 0 saturated carbocycles. The van der Waals surface area contributed by atoms with Gasteiger partial charge in [0.2, 0.25) is 0 Å². The van der Waals surface area contributed by atoms with E-state index >= 15 is 0 Å². The van der Waals surface area contributed by atoms with Crippen LogP contribution in [-0.2, 0) is 4.79 Å². The van der Waals surface area contributed by atoms with Gasteiger partial charge in [-0.1, -0.05) is 22.0 Å². The zero-order valence-electron chi connectivity index (χ0n) is 13.6. The number of hydrogen-bond acceptors (Lipinski definition) is 5. The highest BCUT2D eigenvalue weighted by atomic mass is 79.9. The number of benzene rings is 1. The van der Waals surface area contributed by atoms with Gasteiger partial charge in [0, 0.05) is 36.8 Å². The minimum atomic E-state index is -0.0829. The SMILES string of the molecule is O=Cc1cc(Br)ccc1OCC(=O)N1CCN(c2ccccn2)CC1. The number of carbonyl (C=O) groups is 2. The van der Waals surface area contributed by atoms with Crippen LogP contribution in [0.4, 0.5) is 5.82 Å². The summed E-state index contributed by atoms with van der Waals surface area (Å²) in [6, 6.07) is 10.9. The first-order valence-corrected chi connectivity index (χ1v) is 8.78. The van der Waals surface area contributed by atoms with Crippen LogP contribution in [0.25, 0.3) is 0 Å². The highest BCUT2D eigenvalue weighted by Gasteiger charge is 2.22. The Kier molecular flexibility index (Phi) is 5.65. The molecule has 0 bridgehead atoms. The van der Waals surface area contributed by atoms with Crippen LogP contribution in [0.2, 0.25) is 0 Å². The number of pyridine rings is 1. The molecule has 2 aromatic rings. The smallest absolute Gasteiger partial charge is 0.260 e. The number of hydrogen-bond donors (Lipinski definition) is 0. The summed E-state index contributed by atoms with van der Waals surface area (Å²) in [5.41, 5.74) is 0.419. The second-order valence-corrected chi connectivity index (χ2v) is 6.56. The van der Waals surface area contributed by atoms with Gasteiger partial charge >= 0.3 is 0 Å². The molecule has 0 spiro atoms. The van der Waals surface area contributed by atoms with E-state index in [1.807, 2.05) is 18.2 Å². The zero-order chi connectivity index (χ0) is 17.6. The average Bonchev–Trinajstić information content (AvgIpc) is 2.67. The van der Waals surface area contributed by atoms with Crippen LogP contribution in [0.5, 0.6) is 5.75 Å². The van der Waals surface area contributed by atoms with Gasteiger partial charge in [-0.3, -0.25) is 9.59 Å². The summed E-state index contributed by atoms with van der Waals surface area (Å²) in [5.74, 6) is 1.26. The molecule has 6 nitrogen and oxygen atoms in total. The van der Waals surface area contributed by atoms with E-state index in [1.54, 1.807) is 29.3 Å². The Morgan fingerprint density at radius 2 is 2.00 bits per heavy atom. The number of amides is 1. The highest BCUT2D eigenvalue weighted by molar-refractivity contribution is 9.10. The van der Waals surface area contributed by atoms with Crippen molar-refractivity contribution >= 4 is 33.9 Å². The molecule has 0 radical (unpaired) electrons. The molecule has 0 aliphatic carbocycles. The summed E-state index contributed by atoms with van der Waals surface area (Å²) >= 11 is 3.31. The lowest BCUT2D eigenvalue weighted by atomic mass is 10.2. The molecule has 1 aliphatic rings. The number of aldehydes is 1. The van der Waals surface area contributed by atoms with Crippen LogP contribution in [0, 0.1) is 0 Å². The van der Waals surface area contributed by atoms with Crippen LogP contribution in [-0.4, -0.2) is 54.9 Å². The molecule has 0 atom stereocenters. The molecular weight excluding hydrogens is 386 g/mol. The van der Waals surface area contributed by atoms with E-state index in [-0.39, 0.29) is 12.5 Å². The molecule has 2 heterocycles. The van der Waals surface area contributed by atoms with Crippen molar-refractivity contribution in [2.75, 3.05) is 37.7 Å². The molecule has 1 aromatic carbocycles. The van der Waals surface area contributed by atoms with Crippen molar-refractivity contribution in [1.29, 1.82) is 0 Å². The first-order valence-electron chi connectivity index (χ1n) is 7.98. The average molecular weight is 404 g/mol. The Morgan fingerprint density at radius 1 is 1.20 bits per heavy atom. The van der Waals surface area contributed by atoms with E-state index in [2.05, 4.69) is 25.8 Å². The van der Waals surface area contributed by atoms with Crippen molar-refractivity contribution in [3.63, 3.8) is 0 Å². The molecule has 1 aliphatic heterocycles.